The van der Waals surface area contributed by atoms with Crippen LogP contribution in [0.25, 0.3) is 11.6 Å². The van der Waals surface area contributed by atoms with Crippen molar-refractivity contribution >= 4 is 17.4 Å². The molecule has 0 aromatic heterocycles. The molecule has 0 radical (unpaired) electrons. The van der Waals surface area contributed by atoms with Crippen LogP contribution in [-0.2, 0) is 4.79 Å². The summed E-state index contributed by atoms with van der Waals surface area (Å²) in [6.07, 6.45) is 2.21. The maximum atomic E-state index is 13.0. The van der Waals surface area contributed by atoms with Crippen molar-refractivity contribution in [2.45, 2.75) is 13.3 Å². The highest BCUT2D eigenvalue weighted by Gasteiger charge is 2.25. The minimum atomic E-state index is -0.325. The van der Waals surface area contributed by atoms with Crippen molar-refractivity contribution in [3.8, 4) is 0 Å². The van der Waals surface area contributed by atoms with Crippen LogP contribution < -0.4 is 0 Å². The first-order chi connectivity index (χ1) is 10.5. The fourth-order valence-electron chi connectivity index (χ4n) is 2.68. The molecule has 0 aliphatic heterocycles. The highest BCUT2D eigenvalue weighted by molar-refractivity contribution is 6.26. The SMILES string of the molecule is CC1=C(c2ccc(F)cc2)C(=O)C/C1=C/c1ccc(F)cc1. The molecule has 1 nitrogen and oxygen atoms in total. The number of halogens is 2. The van der Waals surface area contributed by atoms with Crippen molar-refractivity contribution in [1.82, 2.24) is 0 Å². The highest BCUT2D eigenvalue weighted by Crippen LogP contribution is 2.35. The molecule has 0 spiro atoms. The van der Waals surface area contributed by atoms with Crippen LogP contribution in [0.1, 0.15) is 24.5 Å². The second kappa shape index (κ2) is 5.68. The Balaban J connectivity index is 2.00. The van der Waals surface area contributed by atoms with Gasteiger partial charge in [0.15, 0.2) is 5.78 Å². The number of carbonyl (C=O) groups is 1. The molecule has 0 saturated carbocycles. The quantitative estimate of drug-likeness (QED) is 0.778. The van der Waals surface area contributed by atoms with E-state index in [1.165, 1.54) is 24.3 Å². The van der Waals surface area contributed by atoms with E-state index in [9.17, 15) is 13.6 Å². The summed E-state index contributed by atoms with van der Waals surface area (Å²) in [5.41, 5.74) is 4.01. The minimum Gasteiger partial charge on any atom is -0.294 e. The molecule has 22 heavy (non-hydrogen) atoms. The Kier molecular flexibility index (Phi) is 3.72. The van der Waals surface area contributed by atoms with Gasteiger partial charge in [-0.15, -0.1) is 0 Å². The lowest BCUT2D eigenvalue weighted by molar-refractivity contribution is -0.112. The number of carbonyl (C=O) groups excluding carboxylic acids is 1. The Morgan fingerprint density at radius 3 is 2.05 bits per heavy atom. The van der Waals surface area contributed by atoms with E-state index in [0.29, 0.717) is 12.0 Å². The summed E-state index contributed by atoms with van der Waals surface area (Å²) in [6, 6.07) is 12.1. The second-order valence-electron chi connectivity index (χ2n) is 5.33. The molecule has 0 unspecified atom stereocenters. The smallest absolute Gasteiger partial charge is 0.168 e. The number of rotatable bonds is 2. The van der Waals surface area contributed by atoms with E-state index in [1.807, 2.05) is 13.0 Å². The van der Waals surface area contributed by atoms with Crippen molar-refractivity contribution in [2.24, 2.45) is 0 Å². The molecule has 110 valence electrons. The maximum absolute atomic E-state index is 13.0. The van der Waals surface area contributed by atoms with Crippen molar-refractivity contribution in [3.05, 3.63) is 82.4 Å². The molecule has 1 aliphatic rings. The Bertz CT molecular complexity index is 781. The van der Waals surface area contributed by atoms with Gasteiger partial charge in [-0.3, -0.25) is 4.79 Å². The Labute approximate surface area is 127 Å². The van der Waals surface area contributed by atoms with Crippen LogP contribution in [0.4, 0.5) is 8.78 Å². The second-order valence-corrected chi connectivity index (χ2v) is 5.33. The first-order valence-electron chi connectivity index (χ1n) is 7.01. The van der Waals surface area contributed by atoms with Gasteiger partial charge in [0.1, 0.15) is 11.6 Å². The number of Topliss-reactive ketones (excluding diaryl/α,β-unsaturated/α-hetero) is 1. The number of benzene rings is 2. The van der Waals surface area contributed by atoms with E-state index in [4.69, 9.17) is 0 Å². The van der Waals surface area contributed by atoms with Crippen LogP contribution in [0.3, 0.4) is 0 Å². The molecule has 0 atom stereocenters. The van der Waals surface area contributed by atoms with Crippen molar-refractivity contribution in [2.75, 3.05) is 0 Å². The molecule has 0 heterocycles. The average molecular weight is 296 g/mol. The van der Waals surface area contributed by atoms with Crippen LogP contribution in [0.15, 0.2) is 59.7 Å². The van der Waals surface area contributed by atoms with Crippen LogP contribution in [0.5, 0.6) is 0 Å². The molecule has 0 N–H and O–H groups in total. The Morgan fingerprint density at radius 1 is 0.909 bits per heavy atom. The highest BCUT2D eigenvalue weighted by atomic mass is 19.1. The summed E-state index contributed by atoms with van der Waals surface area (Å²) in [4.78, 5) is 12.3. The van der Waals surface area contributed by atoms with Gasteiger partial charge in [-0.2, -0.15) is 0 Å². The van der Waals surface area contributed by atoms with Gasteiger partial charge in [0, 0.05) is 12.0 Å². The molecule has 3 rings (SSSR count). The van der Waals surface area contributed by atoms with E-state index in [0.717, 1.165) is 22.3 Å². The van der Waals surface area contributed by atoms with Crippen LogP contribution in [-0.4, -0.2) is 5.78 Å². The van der Waals surface area contributed by atoms with Gasteiger partial charge >= 0.3 is 0 Å². The first kappa shape index (κ1) is 14.4. The minimum absolute atomic E-state index is 0.0254. The molecule has 1 aliphatic carbocycles. The van der Waals surface area contributed by atoms with Crippen molar-refractivity contribution < 1.29 is 13.6 Å². The van der Waals surface area contributed by atoms with Crippen LogP contribution >= 0.6 is 0 Å². The molecule has 0 saturated heterocycles. The van der Waals surface area contributed by atoms with Crippen LogP contribution in [0.2, 0.25) is 0 Å². The molecule has 0 fully saturated rings. The van der Waals surface area contributed by atoms with E-state index >= 15 is 0 Å². The van der Waals surface area contributed by atoms with Gasteiger partial charge in [0.25, 0.3) is 0 Å². The van der Waals surface area contributed by atoms with Crippen LogP contribution in [0, 0.1) is 11.6 Å². The average Bonchev–Trinajstić information content (AvgIpc) is 2.77. The first-order valence-corrected chi connectivity index (χ1v) is 7.01. The maximum Gasteiger partial charge on any atom is 0.168 e. The van der Waals surface area contributed by atoms with Gasteiger partial charge in [-0.05, 0) is 53.5 Å². The Morgan fingerprint density at radius 2 is 1.45 bits per heavy atom. The number of hydrogen-bond acceptors (Lipinski definition) is 1. The lowest BCUT2D eigenvalue weighted by atomic mass is 10.0. The standard InChI is InChI=1S/C19H14F2O/c1-12-15(10-13-2-6-16(20)7-3-13)11-18(22)19(12)14-4-8-17(21)9-5-14/h2-10H,11H2,1H3/b15-10-. The molecule has 0 amide bonds. The summed E-state index contributed by atoms with van der Waals surface area (Å²) in [5, 5.41) is 0. The zero-order valence-electron chi connectivity index (χ0n) is 12.1. The predicted molar refractivity (Wildman–Crippen MR) is 83.0 cm³/mol. The molecular weight excluding hydrogens is 282 g/mol. The van der Waals surface area contributed by atoms with E-state index in [2.05, 4.69) is 0 Å². The van der Waals surface area contributed by atoms with E-state index in [-0.39, 0.29) is 17.4 Å². The van der Waals surface area contributed by atoms with E-state index in [1.54, 1.807) is 24.3 Å². The predicted octanol–water partition coefficient (Wildman–Crippen LogP) is 4.79. The topological polar surface area (TPSA) is 17.1 Å². The number of allylic oxidation sites excluding steroid dienone is 3. The third kappa shape index (κ3) is 2.75. The monoisotopic (exact) mass is 296 g/mol. The molecule has 3 heteroatoms. The van der Waals surface area contributed by atoms with Gasteiger partial charge in [0.05, 0.1) is 0 Å². The molecular formula is C19H14F2O. The summed E-state index contributed by atoms with van der Waals surface area (Å²) in [7, 11) is 0. The summed E-state index contributed by atoms with van der Waals surface area (Å²) in [6.45, 7) is 1.89. The van der Waals surface area contributed by atoms with Gasteiger partial charge in [-0.25, -0.2) is 8.78 Å². The molecule has 2 aromatic rings. The largest absolute Gasteiger partial charge is 0.294 e. The summed E-state index contributed by atoms with van der Waals surface area (Å²) in [5.74, 6) is -0.587. The van der Waals surface area contributed by atoms with E-state index < -0.39 is 0 Å². The third-order valence-electron chi connectivity index (χ3n) is 3.83. The van der Waals surface area contributed by atoms with Crippen molar-refractivity contribution in [3.63, 3.8) is 0 Å². The van der Waals surface area contributed by atoms with Gasteiger partial charge in [-0.1, -0.05) is 30.3 Å². The number of ketones is 1. The molecule has 0 bridgehead atoms. The fourth-order valence-corrected chi connectivity index (χ4v) is 2.68. The normalized spacial score (nSPS) is 16.7. The molecule has 2 aromatic carbocycles. The zero-order valence-corrected chi connectivity index (χ0v) is 12.1. The van der Waals surface area contributed by atoms with Gasteiger partial charge in [0.2, 0.25) is 0 Å². The van der Waals surface area contributed by atoms with Crippen molar-refractivity contribution in [1.29, 1.82) is 0 Å². The summed E-state index contributed by atoms with van der Waals surface area (Å²) >= 11 is 0. The lowest BCUT2D eigenvalue weighted by Crippen LogP contribution is -1.95. The lowest BCUT2D eigenvalue weighted by Gasteiger charge is -2.03. The summed E-state index contributed by atoms with van der Waals surface area (Å²) < 4.78 is 26.0. The third-order valence-corrected chi connectivity index (χ3v) is 3.83. The number of hydrogen-bond donors (Lipinski definition) is 0. The zero-order chi connectivity index (χ0) is 15.7. The fraction of sp³-hybridized carbons (Fsp3) is 0.105. The van der Waals surface area contributed by atoms with Gasteiger partial charge < -0.3 is 0 Å². The Hall–Kier alpha value is -2.55.